The van der Waals surface area contributed by atoms with Gasteiger partial charge in [-0.2, -0.15) is 13.2 Å². The summed E-state index contributed by atoms with van der Waals surface area (Å²) in [6.07, 6.45) is -4.60. The Labute approximate surface area is 243 Å². The first-order chi connectivity index (χ1) is 20.0. The number of benzene rings is 3. The molecule has 3 heterocycles. The number of thiazole rings is 1. The van der Waals surface area contributed by atoms with E-state index in [1.54, 1.807) is 30.3 Å². The second-order valence-corrected chi connectivity index (χ2v) is 11.8. The van der Waals surface area contributed by atoms with Crippen molar-refractivity contribution in [3.8, 4) is 0 Å². The molecule has 1 aromatic heterocycles. The Morgan fingerprint density at radius 1 is 0.905 bits per heavy atom. The van der Waals surface area contributed by atoms with Crippen LogP contribution in [0.2, 0.25) is 0 Å². The molecule has 3 atom stereocenters. The number of fused-ring (bicyclic) bond motifs is 2. The third kappa shape index (κ3) is 4.92. The molecule has 0 radical (unpaired) electrons. The molecule has 4 aromatic rings. The van der Waals surface area contributed by atoms with E-state index < -0.39 is 63.8 Å². The van der Waals surface area contributed by atoms with Gasteiger partial charge in [0.05, 0.1) is 22.2 Å². The molecule has 2 aliphatic rings. The van der Waals surface area contributed by atoms with Crippen LogP contribution in [-0.2, 0) is 27.1 Å². The predicted molar refractivity (Wildman–Crippen MR) is 149 cm³/mol. The smallest absolute Gasteiger partial charge is 0.325 e. The van der Waals surface area contributed by atoms with Gasteiger partial charge < -0.3 is 5.32 Å². The number of carbonyl (C=O) groups is 3. The molecule has 1 fully saturated rings. The summed E-state index contributed by atoms with van der Waals surface area (Å²) in [7, 11) is 0. The topological polar surface area (TPSA) is 88.5 Å². The van der Waals surface area contributed by atoms with Gasteiger partial charge in [-0.15, -0.1) is 0 Å². The summed E-state index contributed by atoms with van der Waals surface area (Å²) in [5.41, 5.74) is -0.117. The van der Waals surface area contributed by atoms with E-state index in [2.05, 4.69) is 5.32 Å². The number of imide groups is 1. The highest BCUT2D eigenvalue weighted by Gasteiger charge is 2.56. The lowest BCUT2D eigenvalue weighted by atomic mass is 9.83. The van der Waals surface area contributed by atoms with Crippen LogP contribution in [0.15, 0.2) is 88.7 Å². The molecule has 6 rings (SSSR count). The van der Waals surface area contributed by atoms with Crippen LogP contribution in [0.3, 0.4) is 0 Å². The molecule has 0 unspecified atom stereocenters. The molecule has 13 heteroatoms. The number of nitrogens with one attached hydrogen (secondary N) is 1. The van der Waals surface area contributed by atoms with E-state index in [1.807, 2.05) is 0 Å². The molecular weight excluding hydrogens is 594 g/mol. The van der Waals surface area contributed by atoms with Crippen molar-refractivity contribution in [2.75, 3.05) is 10.2 Å². The fraction of sp³-hybridized carbons (Fsp3) is 0.172. The second-order valence-electron chi connectivity index (χ2n) is 9.69. The summed E-state index contributed by atoms with van der Waals surface area (Å²) < 4.78 is 54.1. The molecular formula is C29H19F4N3O4S2. The quantitative estimate of drug-likeness (QED) is 0.237. The maximum Gasteiger partial charge on any atom is 0.416 e. The zero-order valence-electron chi connectivity index (χ0n) is 21.3. The summed E-state index contributed by atoms with van der Waals surface area (Å²) in [6.45, 7) is -0.517. The largest absolute Gasteiger partial charge is 0.416 e. The van der Waals surface area contributed by atoms with Gasteiger partial charge in [-0.1, -0.05) is 59.5 Å². The van der Waals surface area contributed by atoms with Crippen molar-refractivity contribution < 1.29 is 31.9 Å². The third-order valence-corrected chi connectivity index (χ3v) is 9.67. The lowest BCUT2D eigenvalue weighted by Crippen LogP contribution is -2.33. The molecule has 214 valence electrons. The fourth-order valence-corrected chi connectivity index (χ4v) is 8.01. The van der Waals surface area contributed by atoms with Crippen LogP contribution in [0.5, 0.6) is 0 Å². The first-order valence-electron chi connectivity index (χ1n) is 12.6. The van der Waals surface area contributed by atoms with Gasteiger partial charge in [-0.3, -0.25) is 23.7 Å². The minimum atomic E-state index is -4.60. The number of halogens is 4. The van der Waals surface area contributed by atoms with Gasteiger partial charge in [0.25, 0.3) is 0 Å². The SMILES string of the molecule is O=C(Cn1c2c(sc1=O)[C@@H](c1ccccc1)[C@@H]1C(=O)N(c3ccc(F)cc3)C(=O)[C@@H]1S2)Nc1cccc(C(F)(F)F)c1. The van der Waals surface area contributed by atoms with Gasteiger partial charge in [0.15, 0.2) is 0 Å². The Kier molecular flexibility index (Phi) is 7.01. The lowest BCUT2D eigenvalue weighted by molar-refractivity contribution is -0.137. The maximum absolute atomic E-state index is 13.8. The number of rotatable bonds is 5. The van der Waals surface area contributed by atoms with Crippen LogP contribution in [0, 0.1) is 11.7 Å². The molecule has 0 spiro atoms. The van der Waals surface area contributed by atoms with Crippen LogP contribution >= 0.6 is 23.1 Å². The number of nitrogens with zero attached hydrogens (tertiary/aromatic N) is 2. The van der Waals surface area contributed by atoms with Crippen molar-refractivity contribution in [2.45, 2.75) is 28.9 Å². The Hall–Kier alpha value is -4.23. The van der Waals surface area contributed by atoms with Crippen molar-refractivity contribution in [3.63, 3.8) is 0 Å². The average Bonchev–Trinajstić information content (AvgIpc) is 3.40. The molecule has 0 saturated carbocycles. The van der Waals surface area contributed by atoms with Crippen LogP contribution in [0.4, 0.5) is 28.9 Å². The molecule has 0 aliphatic carbocycles. The second kappa shape index (κ2) is 10.6. The van der Waals surface area contributed by atoms with E-state index in [0.29, 0.717) is 15.5 Å². The summed E-state index contributed by atoms with van der Waals surface area (Å²) >= 11 is 1.85. The molecule has 2 aliphatic heterocycles. The molecule has 1 N–H and O–H groups in total. The molecule has 7 nitrogen and oxygen atoms in total. The van der Waals surface area contributed by atoms with E-state index in [1.165, 1.54) is 22.8 Å². The number of alkyl halides is 3. The minimum absolute atomic E-state index is 0.0895. The standard InChI is InChI=1S/C29H19F4N3O4S2/c30-17-9-11-19(12-10-17)36-25(38)22-21(15-5-2-1-3-6-15)24-27(41-23(22)26(36)39)35(28(40)42-24)14-20(37)34-18-8-4-7-16(13-18)29(31,32)33/h1-13,21-23H,14H2,(H,34,37)/t21-,22-,23+/m0/s1. The van der Waals surface area contributed by atoms with Gasteiger partial charge in [0, 0.05) is 16.5 Å². The van der Waals surface area contributed by atoms with Crippen LogP contribution in [0.25, 0.3) is 0 Å². The van der Waals surface area contributed by atoms with E-state index in [0.717, 1.165) is 58.3 Å². The highest BCUT2D eigenvalue weighted by molar-refractivity contribution is 8.00. The number of carbonyl (C=O) groups excluding carboxylic acids is 3. The van der Waals surface area contributed by atoms with Crippen LogP contribution < -0.4 is 15.1 Å². The van der Waals surface area contributed by atoms with Crippen molar-refractivity contribution >= 4 is 52.2 Å². The lowest BCUT2D eigenvalue weighted by Gasteiger charge is -2.30. The monoisotopic (exact) mass is 613 g/mol. The zero-order valence-corrected chi connectivity index (χ0v) is 22.9. The van der Waals surface area contributed by atoms with Crippen molar-refractivity contribution in [3.05, 3.63) is 110 Å². The Morgan fingerprint density at radius 3 is 2.31 bits per heavy atom. The maximum atomic E-state index is 13.8. The summed E-state index contributed by atoms with van der Waals surface area (Å²) in [5, 5.41) is 1.80. The number of amides is 3. The number of aromatic nitrogens is 1. The third-order valence-electron chi connectivity index (χ3n) is 7.07. The average molecular weight is 614 g/mol. The van der Waals surface area contributed by atoms with Crippen LogP contribution in [0.1, 0.15) is 21.9 Å². The van der Waals surface area contributed by atoms with Gasteiger partial charge >= 0.3 is 11.0 Å². The number of hydrogen-bond acceptors (Lipinski definition) is 6. The Morgan fingerprint density at radius 2 is 1.62 bits per heavy atom. The van der Waals surface area contributed by atoms with Crippen molar-refractivity contribution in [1.29, 1.82) is 0 Å². The Bertz CT molecular complexity index is 1770. The van der Waals surface area contributed by atoms with E-state index >= 15 is 0 Å². The normalized spacial score (nSPS) is 19.9. The van der Waals surface area contributed by atoms with Crippen LogP contribution in [-0.4, -0.2) is 27.5 Å². The molecule has 42 heavy (non-hydrogen) atoms. The van der Waals surface area contributed by atoms with E-state index in [4.69, 9.17) is 0 Å². The number of hydrogen-bond donors (Lipinski definition) is 1. The molecule has 3 amide bonds. The highest BCUT2D eigenvalue weighted by atomic mass is 32.2. The number of thioether (sulfide) groups is 1. The molecule has 3 aromatic carbocycles. The van der Waals surface area contributed by atoms with Gasteiger partial charge in [0.2, 0.25) is 17.7 Å². The van der Waals surface area contributed by atoms with Gasteiger partial charge in [0.1, 0.15) is 17.6 Å². The summed E-state index contributed by atoms with van der Waals surface area (Å²) in [4.78, 5) is 54.5. The zero-order chi connectivity index (χ0) is 29.8. The summed E-state index contributed by atoms with van der Waals surface area (Å²) in [5.74, 6) is -3.84. The first-order valence-corrected chi connectivity index (χ1v) is 14.3. The summed E-state index contributed by atoms with van der Waals surface area (Å²) in [6, 6.07) is 18.0. The first kappa shape index (κ1) is 27.9. The van der Waals surface area contributed by atoms with Crippen molar-refractivity contribution in [2.24, 2.45) is 5.92 Å². The predicted octanol–water partition coefficient (Wildman–Crippen LogP) is 5.50. The molecule has 1 saturated heterocycles. The van der Waals surface area contributed by atoms with E-state index in [-0.39, 0.29) is 11.4 Å². The number of anilines is 2. The Balaban J connectivity index is 1.36. The minimum Gasteiger partial charge on any atom is -0.325 e. The van der Waals surface area contributed by atoms with Gasteiger partial charge in [-0.05, 0) is 48.0 Å². The molecule has 0 bridgehead atoms. The van der Waals surface area contributed by atoms with Gasteiger partial charge in [-0.25, -0.2) is 9.29 Å². The van der Waals surface area contributed by atoms with Crippen molar-refractivity contribution in [1.82, 2.24) is 4.57 Å². The van der Waals surface area contributed by atoms with E-state index in [9.17, 15) is 36.7 Å². The highest BCUT2D eigenvalue weighted by Crippen LogP contribution is 2.53. The fourth-order valence-electron chi connectivity index (χ4n) is 5.24.